The third-order valence-electron chi connectivity index (χ3n) is 1.29. The fraction of sp³-hybridized carbons (Fsp3) is 0.833. The number of hydrogen-bond acceptors (Lipinski definition) is 2. The number of nitrogens with zero attached hydrogens (tertiary/aromatic N) is 1. The SMILES string of the molecule is CN=C(NN)NCCCC(F)(F)F. The van der Waals surface area contributed by atoms with Gasteiger partial charge in [-0.25, -0.2) is 5.84 Å². The Morgan fingerprint density at radius 2 is 2.08 bits per heavy atom. The van der Waals surface area contributed by atoms with E-state index in [1.54, 1.807) is 0 Å². The minimum Gasteiger partial charge on any atom is -0.355 e. The van der Waals surface area contributed by atoms with Crippen molar-refractivity contribution in [2.45, 2.75) is 19.0 Å². The molecule has 0 fully saturated rings. The summed E-state index contributed by atoms with van der Waals surface area (Å²) >= 11 is 0. The summed E-state index contributed by atoms with van der Waals surface area (Å²) < 4.78 is 34.9. The van der Waals surface area contributed by atoms with E-state index in [-0.39, 0.29) is 18.9 Å². The van der Waals surface area contributed by atoms with Gasteiger partial charge < -0.3 is 5.32 Å². The molecule has 0 saturated heterocycles. The topological polar surface area (TPSA) is 62.4 Å². The van der Waals surface area contributed by atoms with Crippen LogP contribution in [0.4, 0.5) is 13.2 Å². The highest BCUT2D eigenvalue weighted by Crippen LogP contribution is 2.20. The zero-order valence-corrected chi connectivity index (χ0v) is 7.28. The molecule has 0 aliphatic heterocycles. The Morgan fingerprint density at radius 1 is 1.46 bits per heavy atom. The molecule has 0 amide bonds. The Hall–Kier alpha value is -0.980. The van der Waals surface area contributed by atoms with Crippen LogP contribution < -0.4 is 16.6 Å². The molecular formula is C6H13F3N4. The third kappa shape index (κ3) is 7.38. The van der Waals surface area contributed by atoms with E-state index in [0.717, 1.165) is 0 Å². The van der Waals surface area contributed by atoms with E-state index in [0.29, 0.717) is 0 Å². The molecule has 0 radical (unpaired) electrons. The van der Waals surface area contributed by atoms with E-state index in [1.807, 2.05) is 0 Å². The van der Waals surface area contributed by atoms with Gasteiger partial charge in [0.15, 0.2) is 0 Å². The Morgan fingerprint density at radius 3 is 2.46 bits per heavy atom. The fourth-order valence-electron chi connectivity index (χ4n) is 0.690. The predicted molar refractivity (Wildman–Crippen MR) is 44.0 cm³/mol. The summed E-state index contributed by atoms with van der Waals surface area (Å²) in [5, 5.41) is 2.61. The standard InChI is InChI=1S/C6H13F3N4/c1-11-5(13-10)12-4-2-3-6(7,8)9/h2-4,10H2,1H3,(H2,11,12,13). The maximum absolute atomic E-state index is 11.6. The average molecular weight is 198 g/mol. The molecule has 4 nitrogen and oxygen atoms in total. The highest BCUT2D eigenvalue weighted by atomic mass is 19.4. The number of nitrogens with two attached hydrogens (primary N) is 1. The van der Waals surface area contributed by atoms with Crippen LogP contribution in [0.2, 0.25) is 0 Å². The van der Waals surface area contributed by atoms with Crippen molar-refractivity contribution in [2.75, 3.05) is 13.6 Å². The number of guanidine groups is 1. The summed E-state index contributed by atoms with van der Waals surface area (Å²) in [6, 6.07) is 0. The second-order valence-electron chi connectivity index (χ2n) is 2.36. The van der Waals surface area contributed by atoms with Gasteiger partial charge >= 0.3 is 6.18 Å². The van der Waals surface area contributed by atoms with Gasteiger partial charge in [-0.15, -0.1) is 0 Å². The molecule has 4 N–H and O–H groups in total. The smallest absolute Gasteiger partial charge is 0.355 e. The van der Waals surface area contributed by atoms with Gasteiger partial charge in [-0.05, 0) is 6.42 Å². The zero-order chi connectivity index (χ0) is 10.3. The Balaban J connectivity index is 3.46. The number of rotatable bonds is 3. The van der Waals surface area contributed by atoms with Crippen LogP contribution >= 0.6 is 0 Å². The first-order valence-electron chi connectivity index (χ1n) is 3.73. The molecule has 0 rings (SSSR count). The van der Waals surface area contributed by atoms with E-state index < -0.39 is 12.6 Å². The third-order valence-corrected chi connectivity index (χ3v) is 1.29. The van der Waals surface area contributed by atoms with Crippen molar-refractivity contribution in [3.8, 4) is 0 Å². The number of hydrazine groups is 1. The molecule has 0 aromatic rings. The summed E-state index contributed by atoms with van der Waals surface area (Å²) in [5.41, 5.74) is 2.21. The molecule has 0 spiro atoms. The monoisotopic (exact) mass is 198 g/mol. The molecule has 78 valence electrons. The van der Waals surface area contributed by atoms with Crippen molar-refractivity contribution in [1.82, 2.24) is 10.7 Å². The van der Waals surface area contributed by atoms with Crippen LogP contribution in [-0.4, -0.2) is 25.7 Å². The maximum atomic E-state index is 11.6. The number of halogens is 3. The summed E-state index contributed by atoms with van der Waals surface area (Å²) in [6.45, 7) is 0.191. The van der Waals surface area contributed by atoms with E-state index in [9.17, 15) is 13.2 Å². The van der Waals surface area contributed by atoms with Gasteiger partial charge in [-0.3, -0.25) is 10.4 Å². The quantitative estimate of drug-likeness (QED) is 0.202. The Kier molecular flexibility index (Phi) is 5.20. The molecule has 7 heteroatoms. The van der Waals surface area contributed by atoms with Gasteiger partial charge in [0.25, 0.3) is 0 Å². The molecule has 0 aliphatic rings. The fourth-order valence-corrected chi connectivity index (χ4v) is 0.690. The second-order valence-corrected chi connectivity index (χ2v) is 2.36. The highest BCUT2D eigenvalue weighted by Gasteiger charge is 2.25. The van der Waals surface area contributed by atoms with Crippen molar-refractivity contribution in [3.63, 3.8) is 0 Å². The molecule has 0 heterocycles. The average Bonchev–Trinajstić information content (AvgIpc) is 2.03. The van der Waals surface area contributed by atoms with Crippen LogP contribution in [0.15, 0.2) is 4.99 Å². The minimum absolute atomic E-state index is 0.00417. The first kappa shape index (κ1) is 12.0. The van der Waals surface area contributed by atoms with Gasteiger partial charge in [0, 0.05) is 20.0 Å². The van der Waals surface area contributed by atoms with Crippen molar-refractivity contribution < 1.29 is 13.2 Å². The van der Waals surface area contributed by atoms with Crippen LogP contribution in [0.25, 0.3) is 0 Å². The molecule has 0 atom stereocenters. The normalized spacial score (nSPS) is 12.8. The molecule has 0 bridgehead atoms. The molecule has 0 aromatic heterocycles. The first-order chi connectivity index (χ1) is 5.99. The van der Waals surface area contributed by atoms with Gasteiger partial charge in [0.1, 0.15) is 0 Å². The summed E-state index contributed by atoms with van der Waals surface area (Å²) in [4.78, 5) is 3.63. The number of alkyl halides is 3. The molecule has 0 aliphatic carbocycles. The van der Waals surface area contributed by atoms with Gasteiger partial charge in [0.2, 0.25) is 5.96 Å². The van der Waals surface area contributed by atoms with Crippen molar-refractivity contribution in [1.29, 1.82) is 0 Å². The van der Waals surface area contributed by atoms with E-state index in [4.69, 9.17) is 5.84 Å². The Bertz CT molecular complexity index is 166. The highest BCUT2D eigenvalue weighted by molar-refractivity contribution is 5.78. The van der Waals surface area contributed by atoms with Crippen molar-refractivity contribution >= 4 is 5.96 Å². The van der Waals surface area contributed by atoms with Crippen LogP contribution in [0.5, 0.6) is 0 Å². The second kappa shape index (κ2) is 5.63. The summed E-state index contributed by atoms with van der Waals surface area (Å²) in [7, 11) is 1.48. The summed E-state index contributed by atoms with van der Waals surface area (Å²) in [5.74, 6) is 5.27. The lowest BCUT2D eigenvalue weighted by Gasteiger charge is -2.09. The summed E-state index contributed by atoms with van der Waals surface area (Å²) in [6.07, 6.45) is -4.90. The Labute approximate surface area is 74.4 Å². The lowest BCUT2D eigenvalue weighted by molar-refractivity contribution is -0.135. The number of nitrogens with one attached hydrogen (secondary N) is 2. The molecule has 0 aromatic carbocycles. The maximum Gasteiger partial charge on any atom is 0.389 e. The molecule has 0 saturated carbocycles. The van der Waals surface area contributed by atoms with E-state index in [2.05, 4.69) is 15.7 Å². The van der Waals surface area contributed by atoms with Crippen molar-refractivity contribution in [2.24, 2.45) is 10.8 Å². The zero-order valence-electron chi connectivity index (χ0n) is 7.28. The van der Waals surface area contributed by atoms with Crippen molar-refractivity contribution in [3.05, 3.63) is 0 Å². The van der Waals surface area contributed by atoms with Crippen LogP contribution in [-0.2, 0) is 0 Å². The van der Waals surface area contributed by atoms with Crippen LogP contribution in [0, 0.1) is 0 Å². The minimum atomic E-state index is -4.10. The predicted octanol–water partition coefficient (Wildman–Crippen LogP) is 0.368. The largest absolute Gasteiger partial charge is 0.389 e. The van der Waals surface area contributed by atoms with E-state index >= 15 is 0 Å². The lowest BCUT2D eigenvalue weighted by Crippen LogP contribution is -2.41. The molecule has 13 heavy (non-hydrogen) atoms. The number of aliphatic imine (C=N–C) groups is 1. The molecule has 0 unspecified atom stereocenters. The van der Waals surface area contributed by atoms with Gasteiger partial charge in [-0.1, -0.05) is 0 Å². The first-order valence-corrected chi connectivity index (χ1v) is 3.73. The van der Waals surface area contributed by atoms with Gasteiger partial charge in [-0.2, -0.15) is 13.2 Å². The van der Waals surface area contributed by atoms with E-state index in [1.165, 1.54) is 7.05 Å². The molecular weight excluding hydrogens is 185 g/mol. The lowest BCUT2D eigenvalue weighted by atomic mass is 10.3. The van der Waals surface area contributed by atoms with Crippen LogP contribution in [0.1, 0.15) is 12.8 Å². The van der Waals surface area contributed by atoms with Gasteiger partial charge in [0.05, 0.1) is 0 Å². The van der Waals surface area contributed by atoms with Crippen LogP contribution in [0.3, 0.4) is 0 Å². The number of hydrogen-bond donors (Lipinski definition) is 3.